The second-order valence-electron chi connectivity index (χ2n) is 4.46. The van der Waals surface area contributed by atoms with Gasteiger partial charge in [-0.1, -0.05) is 18.9 Å². The summed E-state index contributed by atoms with van der Waals surface area (Å²) >= 11 is 0. The Morgan fingerprint density at radius 3 is 2.67 bits per heavy atom. The van der Waals surface area contributed by atoms with Crippen molar-refractivity contribution in [2.24, 2.45) is 0 Å². The molecular formula is C14H21NO3. The molecule has 0 heterocycles. The van der Waals surface area contributed by atoms with Crippen LogP contribution in [0.15, 0.2) is 18.2 Å². The number of anilines is 1. The number of aryl methyl sites for hydroxylation is 2. The number of nitrogen functional groups attached to an aromatic ring is 1. The molecule has 0 spiro atoms. The van der Waals surface area contributed by atoms with Crippen molar-refractivity contribution in [3.8, 4) is 0 Å². The summed E-state index contributed by atoms with van der Waals surface area (Å²) in [5.74, 6) is 0. The van der Waals surface area contributed by atoms with Crippen LogP contribution in [0.1, 0.15) is 36.8 Å². The number of hydrogen-bond acceptors (Lipinski definition) is 3. The first-order valence-electron chi connectivity index (χ1n) is 6.30. The van der Waals surface area contributed by atoms with Crippen LogP contribution in [0.5, 0.6) is 0 Å². The molecule has 3 N–H and O–H groups in total. The second kappa shape index (κ2) is 7.58. The van der Waals surface area contributed by atoms with E-state index in [1.54, 1.807) is 0 Å². The van der Waals surface area contributed by atoms with Crippen LogP contribution < -0.4 is 5.73 Å². The van der Waals surface area contributed by atoms with Crippen molar-refractivity contribution >= 4 is 11.8 Å². The molecule has 0 saturated carbocycles. The first kappa shape index (κ1) is 14.4. The van der Waals surface area contributed by atoms with Gasteiger partial charge in [0.05, 0.1) is 6.61 Å². The molecule has 0 aliphatic heterocycles. The highest BCUT2D eigenvalue weighted by Crippen LogP contribution is 2.15. The van der Waals surface area contributed by atoms with E-state index in [1.807, 2.05) is 12.1 Å². The zero-order valence-corrected chi connectivity index (χ0v) is 10.8. The number of rotatable bonds is 7. The molecule has 0 fully saturated rings. The molecule has 1 aromatic carbocycles. The molecule has 0 aliphatic carbocycles. The lowest BCUT2D eigenvalue weighted by Gasteiger charge is -2.06. The van der Waals surface area contributed by atoms with Gasteiger partial charge in [0.25, 0.3) is 0 Å². The van der Waals surface area contributed by atoms with E-state index in [0.717, 1.165) is 37.8 Å². The van der Waals surface area contributed by atoms with Crippen LogP contribution in [-0.4, -0.2) is 17.9 Å². The molecule has 0 aliphatic rings. The van der Waals surface area contributed by atoms with Crippen molar-refractivity contribution in [2.75, 3.05) is 12.3 Å². The minimum absolute atomic E-state index is 0.302. The highest BCUT2D eigenvalue weighted by molar-refractivity contribution is 5.56. The van der Waals surface area contributed by atoms with Gasteiger partial charge in [0.2, 0.25) is 0 Å². The number of nitrogens with two attached hydrogens (primary N) is 1. The maximum atomic E-state index is 10.1. The van der Waals surface area contributed by atoms with Crippen LogP contribution in [0.3, 0.4) is 0 Å². The van der Waals surface area contributed by atoms with Crippen LogP contribution in [-0.2, 0) is 11.2 Å². The van der Waals surface area contributed by atoms with Crippen molar-refractivity contribution in [1.29, 1.82) is 0 Å². The molecule has 0 saturated heterocycles. The molecule has 0 atom stereocenters. The highest BCUT2D eigenvalue weighted by Gasteiger charge is 2.00. The van der Waals surface area contributed by atoms with E-state index in [1.165, 1.54) is 11.1 Å². The average Bonchev–Trinajstić information content (AvgIpc) is 2.30. The van der Waals surface area contributed by atoms with Crippen LogP contribution in [0.2, 0.25) is 0 Å². The summed E-state index contributed by atoms with van der Waals surface area (Å²) in [6, 6.07) is 6.01. The summed E-state index contributed by atoms with van der Waals surface area (Å²) in [6.07, 6.45) is 3.86. The lowest BCUT2D eigenvalue weighted by atomic mass is 10.0. The van der Waals surface area contributed by atoms with E-state index >= 15 is 0 Å². The van der Waals surface area contributed by atoms with Gasteiger partial charge in [-0.3, -0.25) is 0 Å². The van der Waals surface area contributed by atoms with Crippen LogP contribution in [0.4, 0.5) is 10.5 Å². The Labute approximate surface area is 108 Å². The molecular weight excluding hydrogens is 230 g/mol. The molecule has 0 amide bonds. The van der Waals surface area contributed by atoms with E-state index in [9.17, 15) is 4.79 Å². The van der Waals surface area contributed by atoms with Gasteiger partial charge in [0, 0.05) is 5.69 Å². The molecule has 0 bridgehead atoms. The Morgan fingerprint density at radius 2 is 2.00 bits per heavy atom. The Morgan fingerprint density at radius 1 is 1.28 bits per heavy atom. The molecule has 18 heavy (non-hydrogen) atoms. The van der Waals surface area contributed by atoms with E-state index in [4.69, 9.17) is 10.8 Å². The lowest BCUT2D eigenvalue weighted by molar-refractivity contribution is 0.0900. The molecule has 1 aromatic rings. The van der Waals surface area contributed by atoms with E-state index < -0.39 is 6.16 Å². The molecule has 100 valence electrons. The van der Waals surface area contributed by atoms with E-state index in [2.05, 4.69) is 17.7 Å². The number of carbonyl (C=O) groups is 1. The third-order valence-electron chi connectivity index (χ3n) is 2.93. The van der Waals surface area contributed by atoms with Crippen molar-refractivity contribution < 1.29 is 14.6 Å². The van der Waals surface area contributed by atoms with Gasteiger partial charge in [0.15, 0.2) is 0 Å². The summed E-state index contributed by atoms with van der Waals surface area (Å²) in [5, 5.41) is 8.29. The summed E-state index contributed by atoms with van der Waals surface area (Å²) < 4.78 is 4.44. The van der Waals surface area contributed by atoms with Gasteiger partial charge in [-0.05, 0) is 49.4 Å². The first-order chi connectivity index (χ1) is 8.59. The van der Waals surface area contributed by atoms with Gasteiger partial charge in [0.1, 0.15) is 0 Å². The quantitative estimate of drug-likeness (QED) is 0.442. The predicted molar refractivity (Wildman–Crippen MR) is 71.7 cm³/mol. The van der Waals surface area contributed by atoms with E-state index in [-0.39, 0.29) is 0 Å². The van der Waals surface area contributed by atoms with Gasteiger partial charge in [-0.15, -0.1) is 0 Å². The van der Waals surface area contributed by atoms with Gasteiger partial charge < -0.3 is 15.6 Å². The van der Waals surface area contributed by atoms with Crippen molar-refractivity contribution in [3.63, 3.8) is 0 Å². The second-order valence-corrected chi connectivity index (χ2v) is 4.46. The van der Waals surface area contributed by atoms with Crippen LogP contribution >= 0.6 is 0 Å². The van der Waals surface area contributed by atoms with Crippen LogP contribution in [0, 0.1) is 6.92 Å². The molecule has 4 nitrogen and oxygen atoms in total. The predicted octanol–water partition coefficient (Wildman–Crippen LogP) is 3.37. The summed E-state index contributed by atoms with van der Waals surface area (Å²) in [6.45, 7) is 2.38. The number of benzene rings is 1. The fraction of sp³-hybridized carbons (Fsp3) is 0.500. The lowest BCUT2D eigenvalue weighted by Crippen LogP contribution is -2.01. The van der Waals surface area contributed by atoms with Crippen molar-refractivity contribution in [2.45, 2.75) is 39.0 Å². The Hall–Kier alpha value is -1.71. The van der Waals surface area contributed by atoms with Gasteiger partial charge in [-0.2, -0.15) is 0 Å². The molecule has 1 rings (SSSR count). The Kier molecular flexibility index (Phi) is 6.05. The first-order valence-corrected chi connectivity index (χ1v) is 6.30. The Balaban J connectivity index is 2.12. The minimum atomic E-state index is -1.19. The fourth-order valence-electron chi connectivity index (χ4n) is 1.93. The monoisotopic (exact) mass is 251 g/mol. The number of hydrogen-bond donors (Lipinski definition) is 2. The zero-order valence-electron chi connectivity index (χ0n) is 10.8. The maximum absolute atomic E-state index is 10.1. The average molecular weight is 251 g/mol. The molecule has 0 aromatic heterocycles. The van der Waals surface area contributed by atoms with Gasteiger partial charge in [-0.25, -0.2) is 4.79 Å². The third kappa shape index (κ3) is 5.57. The minimum Gasteiger partial charge on any atom is -0.450 e. The molecule has 0 radical (unpaired) electrons. The maximum Gasteiger partial charge on any atom is 0.505 e. The topological polar surface area (TPSA) is 72.5 Å². The SMILES string of the molecule is Cc1cc(N)ccc1CCCCCCOC(=O)O. The van der Waals surface area contributed by atoms with Crippen LogP contribution in [0.25, 0.3) is 0 Å². The summed E-state index contributed by atoms with van der Waals surface area (Å²) in [7, 11) is 0. The summed E-state index contributed by atoms with van der Waals surface area (Å²) in [5.41, 5.74) is 9.09. The molecule has 4 heteroatoms. The number of ether oxygens (including phenoxy) is 1. The molecule has 0 unspecified atom stereocenters. The largest absolute Gasteiger partial charge is 0.505 e. The standard InChI is InChI=1S/C14H21NO3/c1-11-10-13(15)8-7-12(11)6-4-2-3-5-9-18-14(16)17/h7-8,10H,2-6,9,15H2,1H3,(H,16,17). The number of unbranched alkanes of at least 4 members (excludes halogenated alkanes) is 3. The smallest absolute Gasteiger partial charge is 0.450 e. The van der Waals surface area contributed by atoms with E-state index in [0.29, 0.717) is 6.61 Å². The highest BCUT2D eigenvalue weighted by atomic mass is 16.7. The van der Waals surface area contributed by atoms with Crippen molar-refractivity contribution in [1.82, 2.24) is 0 Å². The zero-order chi connectivity index (χ0) is 13.4. The fourth-order valence-corrected chi connectivity index (χ4v) is 1.93. The number of carboxylic acid groups (broad SMARTS) is 1. The third-order valence-corrected chi connectivity index (χ3v) is 2.93. The Bertz CT molecular complexity index is 391. The van der Waals surface area contributed by atoms with Gasteiger partial charge >= 0.3 is 6.16 Å². The summed E-state index contributed by atoms with van der Waals surface area (Å²) in [4.78, 5) is 10.1. The van der Waals surface area contributed by atoms with Crippen molar-refractivity contribution in [3.05, 3.63) is 29.3 Å². The normalized spacial score (nSPS) is 10.3.